The van der Waals surface area contributed by atoms with Gasteiger partial charge in [0, 0.05) is 19.2 Å². The molecule has 0 amide bonds. The predicted molar refractivity (Wildman–Crippen MR) is 82.3 cm³/mol. The van der Waals surface area contributed by atoms with Crippen LogP contribution in [-0.4, -0.2) is 33.7 Å². The van der Waals surface area contributed by atoms with E-state index in [-0.39, 0.29) is 6.10 Å². The molecule has 2 aliphatic rings. The van der Waals surface area contributed by atoms with E-state index < -0.39 is 0 Å². The quantitative estimate of drug-likeness (QED) is 0.875. The van der Waals surface area contributed by atoms with Gasteiger partial charge in [-0.1, -0.05) is 12.8 Å². The second-order valence-corrected chi connectivity index (χ2v) is 6.65. The van der Waals surface area contributed by atoms with Gasteiger partial charge in [-0.3, -0.25) is 4.68 Å². The molecule has 4 heteroatoms. The standard InChI is InChI=1S/C17H28N2O2/c20-16(8-9-17-7-3-4-12-21-17)13-14-10-11-19(18-14)15-5-1-2-6-15/h10-11,15-17,20H,1-9,12-13H2. The second kappa shape index (κ2) is 7.41. The topological polar surface area (TPSA) is 47.3 Å². The summed E-state index contributed by atoms with van der Waals surface area (Å²) >= 11 is 0. The fourth-order valence-corrected chi connectivity index (χ4v) is 3.62. The van der Waals surface area contributed by atoms with Crippen LogP contribution in [0.4, 0.5) is 0 Å². The zero-order chi connectivity index (χ0) is 14.5. The lowest BCUT2D eigenvalue weighted by Gasteiger charge is -2.23. The molecule has 1 N–H and O–H groups in total. The molecule has 1 saturated carbocycles. The largest absolute Gasteiger partial charge is 0.393 e. The third-order valence-corrected chi connectivity index (χ3v) is 4.90. The molecule has 21 heavy (non-hydrogen) atoms. The van der Waals surface area contributed by atoms with Crippen molar-refractivity contribution in [3.05, 3.63) is 18.0 Å². The van der Waals surface area contributed by atoms with Gasteiger partial charge >= 0.3 is 0 Å². The van der Waals surface area contributed by atoms with Crippen molar-refractivity contribution in [2.45, 2.75) is 82.5 Å². The molecule has 3 rings (SSSR count). The minimum Gasteiger partial charge on any atom is -0.393 e. The summed E-state index contributed by atoms with van der Waals surface area (Å²) in [5.41, 5.74) is 1.03. The summed E-state index contributed by atoms with van der Waals surface area (Å²) in [7, 11) is 0. The molecule has 118 valence electrons. The minimum atomic E-state index is -0.289. The lowest BCUT2D eigenvalue weighted by atomic mass is 10.0. The van der Waals surface area contributed by atoms with Crippen LogP contribution in [0.2, 0.25) is 0 Å². The van der Waals surface area contributed by atoms with E-state index in [1.807, 2.05) is 0 Å². The molecule has 1 saturated heterocycles. The van der Waals surface area contributed by atoms with Gasteiger partial charge in [0.2, 0.25) is 0 Å². The smallest absolute Gasteiger partial charge is 0.0650 e. The van der Waals surface area contributed by atoms with Gasteiger partial charge in [0.25, 0.3) is 0 Å². The summed E-state index contributed by atoms with van der Waals surface area (Å²) in [4.78, 5) is 0. The molecular weight excluding hydrogens is 264 g/mol. The van der Waals surface area contributed by atoms with Crippen LogP contribution in [0.25, 0.3) is 0 Å². The zero-order valence-corrected chi connectivity index (χ0v) is 12.9. The van der Waals surface area contributed by atoms with Crippen molar-refractivity contribution in [1.82, 2.24) is 9.78 Å². The van der Waals surface area contributed by atoms with E-state index in [1.54, 1.807) is 0 Å². The highest BCUT2D eigenvalue weighted by Gasteiger charge is 2.19. The highest BCUT2D eigenvalue weighted by atomic mass is 16.5. The van der Waals surface area contributed by atoms with Crippen LogP contribution in [0.5, 0.6) is 0 Å². The Labute approximate surface area is 127 Å². The number of aromatic nitrogens is 2. The Kier molecular flexibility index (Phi) is 5.31. The molecule has 0 spiro atoms. The molecule has 4 nitrogen and oxygen atoms in total. The molecule has 2 heterocycles. The Balaban J connectivity index is 1.42. The maximum atomic E-state index is 10.2. The number of ether oxygens (including phenoxy) is 1. The van der Waals surface area contributed by atoms with Crippen LogP contribution in [0.1, 0.15) is 69.5 Å². The summed E-state index contributed by atoms with van der Waals surface area (Å²) in [6.07, 6.45) is 13.4. The Morgan fingerprint density at radius 2 is 2.05 bits per heavy atom. The number of nitrogens with zero attached hydrogens (tertiary/aromatic N) is 2. The van der Waals surface area contributed by atoms with Gasteiger partial charge < -0.3 is 9.84 Å². The van der Waals surface area contributed by atoms with Crippen molar-refractivity contribution in [3.8, 4) is 0 Å². The molecular formula is C17H28N2O2. The number of hydrogen-bond acceptors (Lipinski definition) is 3. The van der Waals surface area contributed by atoms with Crippen LogP contribution in [0.15, 0.2) is 12.3 Å². The highest BCUT2D eigenvalue weighted by Crippen LogP contribution is 2.28. The first kappa shape index (κ1) is 15.0. The second-order valence-electron chi connectivity index (χ2n) is 6.65. The summed E-state index contributed by atoms with van der Waals surface area (Å²) < 4.78 is 7.83. The molecule has 0 bridgehead atoms. The molecule has 0 aromatic carbocycles. The third-order valence-electron chi connectivity index (χ3n) is 4.90. The van der Waals surface area contributed by atoms with Crippen molar-refractivity contribution in [2.75, 3.05) is 6.61 Å². The predicted octanol–water partition coefficient (Wildman–Crippen LogP) is 3.25. The Morgan fingerprint density at radius 3 is 2.81 bits per heavy atom. The molecule has 2 atom stereocenters. The first-order valence-electron chi connectivity index (χ1n) is 8.65. The van der Waals surface area contributed by atoms with E-state index in [0.29, 0.717) is 18.6 Å². The molecule has 1 aliphatic heterocycles. The van der Waals surface area contributed by atoms with Crippen molar-refractivity contribution in [3.63, 3.8) is 0 Å². The number of hydrogen-bond donors (Lipinski definition) is 1. The maximum absolute atomic E-state index is 10.2. The first-order valence-corrected chi connectivity index (χ1v) is 8.65. The number of aliphatic hydroxyl groups excluding tert-OH is 1. The van der Waals surface area contributed by atoms with Gasteiger partial charge in [-0.15, -0.1) is 0 Å². The number of rotatable bonds is 6. The fourth-order valence-electron chi connectivity index (χ4n) is 3.62. The van der Waals surface area contributed by atoms with E-state index in [4.69, 9.17) is 4.74 Å². The molecule has 1 aromatic rings. The SMILES string of the molecule is OC(CCC1CCCCO1)Cc1ccn(C2CCCC2)n1. The average Bonchev–Trinajstić information content (AvgIpc) is 3.17. The van der Waals surface area contributed by atoms with Gasteiger partial charge in [-0.2, -0.15) is 5.10 Å². The summed E-state index contributed by atoms with van der Waals surface area (Å²) in [5, 5.41) is 14.9. The molecule has 2 unspecified atom stereocenters. The van der Waals surface area contributed by atoms with Crippen LogP contribution < -0.4 is 0 Å². The highest BCUT2D eigenvalue weighted by molar-refractivity contribution is 5.01. The molecule has 1 aromatic heterocycles. The fraction of sp³-hybridized carbons (Fsp3) is 0.824. The van der Waals surface area contributed by atoms with Crippen molar-refractivity contribution >= 4 is 0 Å². The molecule has 1 aliphatic carbocycles. The van der Waals surface area contributed by atoms with Crippen LogP contribution in [-0.2, 0) is 11.2 Å². The van der Waals surface area contributed by atoms with E-state index >= 15 is 0 Å². The normalized spacial score (nSPS) is 25.3. The van der Waals surface area contributed by atoms with E-state index in [9.17, 15) is 5.11 Å². The van der Waals surface area contributed by atoms with E-state index in [2.05, 4.69) is 22.0 Å². The van der Waals surface area contributed by atoms with Crippen molar-refractivity contribution in [2.24, 2.45) is 0 Å². The maximum Gasteiger partial charge on any atom is 0.0650 e. The number of aliphatic hydroxyl groups is 1. The average molecular weight is 292 g/mol. The summed E-state index contributed by atoms with van der Waals surface area (Å²) in [6.45, 7) is 0.895. The van der Waals surface area contributed by atoms with Gasteiger partial charge in [0.05, 0.1) is 23.9 Å². The lowest BCUT2D eigenvalue weighted by molar-refractivity contribution is 0.00227. The molecule has 2 fully saturated rings. The summed E-state index contributed by atoms with van der Waals surface area (Å²) in [6, 6.07) is 2.66. The van der Waals surface area contributed by atoms with Gasteiger partial charge in [-0.25, -0.2) is 0 Å². The Bertz CT molecular complexity index is 420. The Hall–Kier alpha value is -0.870. The van der Waals surface area contributed by atoms with E-state index in [0.717, 1.165) is 31.6 Å². The van der Waals surface area contributed by atoms with Crippen LogP contribution in [0, 0.1) is 0 Å². The van der Waals surface area contributed by atoms with Gasteiger partial charge in [0.1, 0.15) is 0 Å². The lowest BCUT2D eigenvalue weighted by Crippen LogP contribution is -2.22. The van der Waals surface area contributed by atoms with Crippen molar-refractivity contribution in [1.29, 1.82) is 0 Å². The van der Waals surface area contributed by atoms with E-state index in [1.165, 1.54) is 38.5 Å². The minimum absolute atomic E-state index is 0.289. The Morgan fingerprint density at radius 1 is 1.24 bits per heavy atom. The zero-order valence-electron chi connectivity index (χ0n) is 12.9. The van der Waals surface area contributed by atoms with Gasteiger partial charge in [0.15, 0.2) is 0 Å². The third kappa shape index (κ3) is 4.30. The first-order chi connectivity index (χ1) is 10.3. The molecule has 0 radical (unpaired) electrons. The summed E-state index contributed by atoms with van der Waals surface area (Å²) in [5.74, 6) is 0. The monoisotopic (exact) mass is 292 g/mol. The van der Waals surface area contributed by atoms with Crippen molar-refractivity contribution < 1.29 is 9.84 Å². The van der Waals surface area contributed by atoms with Crippen LogP contribution in [0.3, 0.4) is 0 Å². The van der Waals surface area contributed by atoms with Crippen LogP contribution >= 0.6 is 0 Å². The van der Waals surface area contributed by atoms with Gasteiger partial charge in [-0.05, 0) is 51.0 Å².